The van der Waals surface area contributed by atoms with E-state index in [4.69, 9.17) is 0 Å². The molecule has 4 heteroatoms. The summed E-state index contributed by atoms with van der Waals surface area (Å²) in [6, 6.07) is 0. The molecule has 0 bridgehead atoms. The standard InChI is InChI=1S/C13H21NOS2/c1-9-10(2)17-11(14-9)5-13(15)6-12(3,4)7-16-8-13/h15H,5-8H2,1-4H3. The molecule has 0 amide bonds. The number of rotatable bonds is 2. The molecule has 0 aliphatic carbocycles. The van der Waals surface area contributed by atoms with Crippen molar-refractivity contribution in [3.8, 4) is 0 Å². The molecule has 0 aromatic carbocycles. The zero-order chi connectivity index (χ0) is 12.7. The van der Waals surface area contributed by atoms with Crippen LogP contribution in [0.25, 0.3) is 0 Å². The van der Waals surface area contributed by atoms with Gasteiger partial charge in [-0.05, 0) is 31.4 Å². The van der Waals surface area contributed by atoms with Crippen LogP contribution in [0.3, 0.4) is 0 Å². The summed E-state index contributed by atoms with van der Waals surface area (Å²) in [7, 11) is 0. The van der Waals surface area contributed by atoms with Crippen molar-refractivity contribution in [1.29, 1.82) is 0 Å². The van der Waals surface area contributed by atoms with E-state index in [1.54, 1.807) is 11.3 Å². The first kappa shape index (κ1) is 13.4. The summed E-state index contributed by atoms with van der Waals surface area (Å²) in [6.07, 6.45) is 1.59. The first-order chi connectivity index (χ1) is 7.80. The van der Waals surface area contributed by atoms with Crippen LogP contribution in [0.5, 0.6) is 0 Å². The number of thioether (sulfide) groups is 1. The SMILES string of the molecule is Cc1nc(CC2(O)CSCC(C)(C)C2)sc1C. The van der Waals surface area contributed by atoms with E-state index in [0.717, 1.165) is 28.6 Å². The molecule has 1 aromatic rings. The lowest BCUT2D eigenvalue weighted by molar-refractivity contribution is 0.0199. The van der Waals surface area contributed by atoms with Crippen LogP contribution in [0.15, 0.2) is 0 Å². The zero-order valence-corrected chi connectivity index (χ0v) is 12.7. The fraction of sp³-hybridized carbons (Fsp3) is 0.769. The minimum atomic E-state index is -0.566. The molecule has 0 spiro atoms. The largest absolute Gasteiger partial charge is 0.389 e. The highest BCUT2D eigenvalue weighted by molar-refractivity contribution is 7.99. The normalized spacial score (nSPS) is 28.3. The second kappa shape index (κ2) is 4.56. The predicted octanol–water partition coefficient (Wildman–Crippen LogP) is 3.20. The molecule has 2 rings (SSSR count). The van der Waals surface area contributed by atoms with Crippen molar-refractivity contribution in [2.75, 3.05) is 11.5 Å². The predicted molar refractivity (Wildman–Crippen MR) is 76.0 cm³/mol. The van der Waals surface area contributed by atoms with E-state index in [0.29, 0.717) is 6.42 Å². The number of hydrogen-bond acceptors (Lipinski definition) is 4. The smallest absolute Gasteiger partial charge is 0.0959 e. The van der Waals surface area contributed by atoms with Crippen molar-refractivity contribution in [1.82, 2.24) is 4.98 Å². The van der Waals surface area contributed by atoms with E-state index in [-0.39, 0.29) is 5.41 Å². The van der Waals surface area contributed by atoms with Gasteiger partial charge in [0.15, 0.2) is 0 Å². The van der Waals surface area contributed by atoms with Crippen LogP contribution in [0.4, 0.5) is 0 Å². The number of aromatic nitrogens is 1. The Morgan fingerprint density at radius 2 is 2.00 bits per heavy atom. The Labute approximate surface area is 112 Å². The van der Waals surface area contributed by atoms with Crippen LogP contribution in [-0.4, -0.2) is 27.2 Å². The maximum absolute atomic E-state index is 10.7. The van der Waals surface area contributed by atoms with Gasteiger partial charge in [-0.1, -0.05) is 13.8 Å². The van der Waals surface area contributed by atoms with Gasteiger partial charge in [0.1, 0.15) is 0 Å². The summed E-state index contributed by atoms with van der Waals surface area (Å²) in [5.74, 6) is 1.99. The van der Waals surface area contributed by atoms with Crippen LogP contribution >= 0.6 is 23.1 Å². The third kappa shape index (κ3) is 3.24. The van der Waals surface area contributed by atoms with Crippen molar-refractivity contribution in [2.45, 2.75) is 46.1 Å². The van der Waals surface area contributed by atoms with Crippen LogP contribution in [-0.2, 0) is 6.42 Å². The number of thiazole rings is 1. The molecule has 1 atom stereocenters. The Balaban J connectivity index is 2.11. The lowest BCUT2D eigenvalue weighted by atomic mass is 9.80. The van der Waals surface area contributed by atoms with E-state index in [1.807, 2.05) is 18.7 Å². The Kier molecular flexibility index (Phi) is 3.59. The molecule has 1 aromatic heterocycles. The second-order valence-electron chi connectivity index (χ2n) is 5.98. The molecular weight excluding hydrogens is 250 g/mol. The van der Waals surface area contributed by atoms with Gasteiger partial charge in [-0.3, -0.25) is 0 Å². The fourth-order valence-corrected chi connectivity index (χ4v) is 4.93. The Bertz CT molecular complexity index is 394. The average molecular weight is 271 g/mol. The van der Waals surface area contributed by atoms with Crippen molar-refractivity contribution in [3.05, 3.63) is 15.6 Å². The quantitative estimate of drug-likeness (QED) is 0.896. The molecule has 1 saturated heterocycles. The van der Waals surface area contributed by atoms with Crippen molar-refractivity contribution < 1.29 is 5.11 Å². The van der Waals surface area contributed by atoms with Gasteiger partial charge >= 0.3 is 0 Å². The average Bonchev–Trinajstić information content (AvgIpc) is 2.41. The van der Waals surface area contributed by atoms with E-state index in [2.05, 4.69) is 25.8 Å². The maximum atomic E-state index is 10.7. The molecule has 1 unspecified atom stereocenters. The number of aliphatic hydroxyl groups is 1. The van der Waals surface area contributed by atoms with Crippen molar-refractivity contribution in [2.24, 2.45) is 5.41 Å². The highest BCUT2D eigenvalue weighted by Gasteiger charge is 2.39. The van der Waals surface area contributed by atoms with Gasteiger partial charge in [-0.25, -0.2) is 4.98 Å². The number of nitrogens with zero attached hydrogens (tertiary/aromatic N) is 1. The molecule has 2 nitrogen and oxygen atoms in total. The Morgan fingerprint density at radius 1 is 1.29 bits per heavy atom. The first-order valence-corrected chi connectivity index (χ1v) is 8.00. The third-order valence-corrected chi connectivity index (χ3v) is 6.02. The molecular formula is C13H21NOS2. The molecule has 1 fully saturated rings. The second-order valence-corrected chi connectivity index (χ2v) is 8.26. The minimum Gasteiger partial charge on any atom is -0.389 e. The monoisotopic (exact) mass is 271 g/mol. The molecule has 17 heavy (non-hydrogen) atoms. The maximum Gasteiger partial charge on any atom is 0.0959 e. The van der Waals surface area contributed by atoms with E-state index in [9.17, 15) is 5.11 Å². The lowest BCUT2D eigenvalue weighted by Crippen LogP contribution is -2.44. The Hall–Kier alpha value is -0.0600. The van der Waals surface area contributed by atoms with Crippen molar-refractivity contribution in [3.63, 3.8) is 0 Å². The molecule has 0 radical (unpaired) electrons. The van der Waals surface area contributed by atoms with Crippen LogP contribution in [0, 0.1) is 19.3 Å². The van der Waals surface area contributed by atoms with Gasteiger partial charge < -0.3 is 5.11 Å². The van der Waals surface area contributed by atoms with Crippen LogP contribution in [0.1, 0.15) is 35.8 Å². The topological polar surface area (TPSA) is 33.1 Å². The molecule has 1 aliphatic rings. The van der Waals surface area contributed by atoms with Gasteiger partial charge in [0.25, 0.3) is 0 Å². The highest BCUT2D eigenvalue weighted by atomic mass is 32.2. The van der Waals surface area contributed by atoms with Crippen molar-refractivity contribution >= 4 is 23.1 Å². The molecule has 1 N–H and O–H groups in total. The molecule has 1 aliphatic heterocycles. The number of hydrogen-bond donors (Lipinski definition) is 1. The van der Waals surface area contributed by atoms with E-state index >= 15 is 0 Å². The summed E-state index contributed by atoms with van der Waals surface area (Å²) >= 11 is 3.59. The summed E-state index contributed by atoms with van der Waals surface area (Å²) in [4.78, 5) is 5.82. The van der Waals surface area contributed by atoms with Crippen LogP contribution < -0.4 is 0 Å². The van der Waals surface area contributed by atoms with E-state index < -0.39 is 5.60 Å². The molecule has 0 saturated carbocycles. The van der Waals surface area contributed by atoms with E-state index in [1.165, 1.54) is 4.88 Å². The van der Waals surface area contributed by atoms with Gasteiger partial charge in [0.2, 0.25) is 0 Å². The third-order valence-electron chi connectivity index (χ3n) is 3.22. The van der Waals surface area contributed by atoms with Gasteiger partial charge in [0, 0.05) is 17.1 Å². The van der Waals surface area contributed by atoms with Gasteiger partial charge in [-0.15, -0.1) is 11.3 Å². The number of aryl methyl sites for hydroxylation is 2. The Morgan fingerprint density at radius 3 is 2.53 bits per heavy atom. The lowest BCUT2D eigenvalue weighted by Gasteiger charge is -2.40. The molecule has 2 heterocycles. The summed E-state index contributed by atoms with van der Waals surface area (Å²) in [5, 5.41) is 11.8. The van der Waals surface area contributed by atoms with Crippen LogP contribution in [0.2, 0.25) is 0 Å². The van der Waals surface area contributed by atoms with Gasteiger partial charge in [-0.2, -0.15) is 11.8 Å². The molecule has 96 valence electrons. The summed E-state index contributed by atoms with van der Waals surface area (Å²) in [6.45, 7) is 8.62. The summed E-state index contributed by atoms with van der Waals surface area (Å²) < 4.78 is 0. The zero-order valence-electron chi connectivity index (χ0n) is 11.0. The summed E-state index contributed by atoms with van der Waals surface area (Å²) in [5.41, 5.74) is 0.777. The minimum absolute atomic E-state index is 0.235. The fourth-order valence-electron chi connectivity index (χ4n) is 2.52. The highest BCUT2D eigenvalue weighted by Crippen LogP contribution is 2.41. The first-order valence-electron chi connectivity index (χ1n) is 6.03. The van der Waals surface area contributed by atoms with Gasteiger partial charge in [0.05, 0.1) is 16.3 Å².